The normalized spacial score (nSPS) is 11.4. The Bertz CT molecular complexity index is 1020. The number of hydrogen-bond acceptors (Lipinski definition) is 4. The van der Waals surface area contributed by atoms with Crippen LogP contribution in [0.3, 0.4) is 0 Å². The number of halogens is 1. The van der Waals surface area contributed by atoms with Gasteiger partial charge >= 0.3 is 6.09 Å². The molecule has 3 rings (SSSR count). The molecular formula is C25H26ClN3O2. The van der Waals surface area contributed by atoms with Crippen molar-refractivity contribution in [2.75, 3.05) is 10.6 Å². The van der Waals surface area contributed by atoms with Gasteiger partial charge in [-0.05, 0) is 41.3 Å². The lowest BCUT2D eigenvalue weighted by atomic mass is 10.0. The molecule has 5 nitrogen and oxygen atoms in total. The maximum absolute atomic E-state index is 12.2. The fourth-order valence-corrected chi connectivity index (χ4v) is 3.44. The maximum atomic E-state index is 12.2. The van der Waals surface area contributed by atoms with Crippen molar-refractivity contribution < 1.29 is 9.53 Å². The highest BCUT2D eigenvalue weighted by atomic mass is 35.5. The molecule has 0 heterocycles. The van der Waals surface area contributed by atoms with Crippen LogP contribution in [0.25, 0.3) is 0 Å². The third kappa shape index (κ3) is 6.88. The van der Waals surface area contributed by atoms with E-state index in [9.17, 15) is 4.79 Å². The number of amides is 1. The zero-order valence-electron chi connectivity index (χ0n) is 17.2. The summed E-state index contributed by atoms with van der Waals surface area (Å²) in [5.41, 5.74) is 10.2. The van der Waals surface area contributed by atoms with Gasteiger partial charge in [-0.1, -0.05) is 72.3 Å². The highest BCUT2D eigenvalue weighted by Crippen LogP contribution is 2.28. The summed E-state index contributed by atoms with van der Waals surface area (Å²) >= 11 is 6.29. The van der Waals surface area contributed by atoms with Gasteiger partial charge in [-0.2, -0.15) is 0 Å². The van der Waals surface area contributed by atoms with Crippen LogP contribution in [0.1, 0.15) is 29.2 Å². The fourth-order valence-electron chi connectivity index (χ4n) is 3.21. The molecule has 0 saturated heterocycles. The van der Waals surface area contributed by atoms with Gasteiger partial charge in [0.05, 0.1) is 6.04 Å². The van der Waals surface area contributed by atoms with Gasteiger partial charge in [0.2, 0.25) is 0 Å². The lowest BCUT2D eigenvalue weighted by Gasteiger charge is -2.20. The van der Waals surface area contributed by atoms with Crippen LogP contribution in [0.5, 0.6) is 0 Å². The van der Waals surface area contributed by atoms with E-state index in [1.165, 1.54) is 0 Å². The zero-order valence-corrected chi connectivity index (χ0v) is 17.9. The number of hydrogen-bond donors (Lipinski definition) is 3. The molecule has 160 valence electrons. The third-order valence-corrected chi connectivity index (χ3v) is 4.91. The molecule has 0 aliphatic heterocycles. The minimum absolute atomic E-state index is 0.0136. The number of benzene rings is 3. The molecule has 0 aromatic heterocycles. The van der Waals surface area contributed by atoms with Crippen LogP contribution >= 0.6 is 11.6 Å². The minimum Gasteiger partial charge on any atom is -0.444 e. The molecule has 4 N–H and O–H groups in total. The number of ether oxygens (including phenoxy) is 1. The lowest BCUT2D eigenvalue weighted by molar-refractivity contribution is 0.155. The second-order valence-electron chi connectivity index (χ2n) is 7.09. The zero-order chi connectivity index (χ0) is 22.1. The third-order valence-electron chi connectivity index (χ3n) is 4.69. The van der Waals surface area contributed by atoms with E-state index < -0.39 is 6.09 Å². The van der Waals surface area contributed by atoms with Crippen molar-refractivity contribution in [2.45, 2.75) is 25.6 Å². The van der Waals surface area contributed by atoms with E-state index in [0.717, 1.165) is 22.4 Å². The van der Waals surface area contributed by atoms with Crippen LogP contribution in [-0.2, 0) is 17.9 Å². The molecule has 0 aliphatic carbocycles. The highest BCUT2D eigenvalue weighted by Gasteiger charge is 2.12. The SMILES string of the molecule is C=CC[C@H](Nc1cc(Cl)cc(NC(=O)OCc2ccccc2)c1)c1cccc(CN)c1. The Balaban J connectivity index is 1.69. The molecule has 0 radical (unpaired) electrons. The Morgan fingerprint density at radius 1 is 1.03 bits per heavy atom. The largest absolute Gasteiger partial charge is 0.444 e. The fraction of sp³-hybridized carbons (Fsp3) is 0.160. The van der Waals surface area contributed by atoms with Gasteiger partial charge in [-0.25, -0.2) is 4.79 Å². The van der Waals surface area contributed by atoms with Gasteiger partial charge in [0.1, 0.15) is 6.61 Å². The van der Waals surface area contributed by atoms with Crippen LogP contribution in [0.2, 0.25) is 5.02 Å². The Labute approximate surface area is 187 Å². The van der Waals surface area contributed by atoms with E-state index in [0.29, 0.717) is 23.7 Å². The van der Waals surface area contributed by atoms with Gasteiger partial charge in [0, 0.05) is 22.9 Å². The first-order valence-electron chi connectivity index (χ1n) is 10.0. The van der Waals surface area contributed by atoms with E-state index in [1.807, 2.05) is 66.7 Å². The van der Waals surface area contributed by atoms with Crippen molar-refractivity contribution in [3.8, 4) is 0 Å². The predicted molar refractivity (Wildman–Crippen MR) is 127 cm³/mol. The van der Waals surface area contributed by atoms with Gasteiger partial charge in [-0.15, -0.1) is 6.58 Å². The van der Waals surface area contributed by atoms with E-state index >= 15 is 0 Å². The number of carbonyl (C=O) groups is 1. The van der Waals surface area contributed by atoms with Crippen molar-refractivity contribution in [1.29, 1.82) is 0 Å². The minimum atomic E-state index is -0.546. The summed E-state index contributed by atoms with van der Waals surface area (Å²) in [6.07, 6.45) is 2.02. The summed E-state index contributed by atoms with van der Waals surface area (Å²) in [6.45, 7) is 4.53. The molecule has 3 aromatic carbocycles. The molecule has 0 bridgehead atoms. The summed E-state index contributed by atoms with van der Waals surface area (Å²) in [7, 11) is 0. The summed E-state index contributed by atoms with van der Waals surface area (Å²) < 4.78 is 5.29. The monoisotopic (exact) mass is 435 g/mol. The van der Waals surface area contributed by atoms with Crippen LogP contribution < -0.4 is 16.4 Å². The van der Waals surface area contributed by atoms with E-state index in [1.54, 1.807) is 6.07 Å². The van der Waals surface area contributed by atoms with Crippen molar-refractivity contribution in [2.24, 2.45) is 5.73 Å². The molecule has 3 aromatic rings. The summed E-state index contributed by atoms with van der Waals surface area (Å²) in [4.78, 5) is 12.2. The number of anilines is 2. The molecule has 0 unspecified atom stereocenters. The smallest absolute Gasteiger partial charge is 0.411 e. The van der Waals surface area contributed by atoms with Gasteiger partial charge in [0.15, 0.2) is 0 Å². The average Bonchev–Trinajstić information content (AvgIpc) is 2.78. The molecule has 1 atom stereocenters. The van der Waals surface area contributed by atoms with Gasteiger partial charge in [0.25, 0.3) is 0 Å². The Morgan fingerprint density at radius 2 is 1.77 bits per heavy atom. The van der Waals surface area contributed by atoms with Crippen molar-refractivity contribution in [3.63, 3.8) is 0 Å². The van der Waals surface area contributed by atoms with Crippen LogP contribution in [0.15, 0.2) is 85.5 Å². The Morgan fingerprint density at radius 3 is 2.52 bits per heavy atom. The average molecular weight is 436 g/mol. The quantitative estimate of drug-likeness (QED) is 0.346. The Hall–Kier alpha value is -3.28. The molecule has 6 heteroatoms. The second kappa shape index (κ2) is 11.2. The van der Waals surface area contributed by atoms with Gasteiger partial charge in [-0.3, -0.25) is 5.32 Å². The van der Waals surface area contributed by atoms with E-state index in [-0.39, 0.29) is 12.6 Å². The summed E-state index contributed by atoms with van der Waals surface area (Å²) in [5.74, 6) is 0. The molecule has 31 heavy (non-hydrogen) atoms. The number of nitrogens with one attached hydrogen (secondary N) is 2. The predicted octanol–water partition coefficient (Wildman–Crippen LogP) is 6.28. The second-order valence-corrected chi connectivity index (χ2v) is 7.52. The molecule has 0 saturated carbocycles. The summed E-state index contributed by atoms with van der Waals surface area (Å²) in [6, 6.07) is 22.9. The van der Waals surface area contributed by atoms with Gasteiger partial charge < -0.3 is 15.8 Å². The van der Waals surface area contributed by atoms with Crippen molar-refractivity contribution in [1.82, 2.24) is 0 Å². The van der Waals surface area contributed by atoms with E-state index in [4.69, 9.17) is 22.1 Å². The summed E-state index contributed by atoms with van der Waals surface area (Å²) in [5, 5.41) is 6.70. The molecular weight excluding hydrogens is 410 g/mol. The number of nitrogens with two attached hydrogens (primary N) is 1. The first-order chi connectivity index (χ1) is 15.1. The lowest BCUT2D eigenvalue weighted by Crippen LogP contribution is -2.14. The molecule has 0 aliphatic rings. The van der Waals surface area contributed by atoms with Crippen molar-refractivity contribution in [3.05, 3.63) is 107 Å². The topological polar surface area (TPSA) is 76.4 Å². The number of rotatable bonds is 9. The molecule has 0 spiro atoms. The highest BCUT2D eigenvalue weighted by molar-refractivity contribution is 6.31. The van der Waals surface area contributed by atoms with Crippen LogP contribution in [-0.4, -0.2) is 6.09 Å². The maximum Gasteiger partial charge on any atom is 0.411 e. The standard InChI is InChI=1S/C25H26ClN3O2/c1-2-7-24(20-11-6-10-19(12-20)16-27)28-22-13-21(26)14-23(15-22)29-25(30)31-17-18-8-4-3-5-9-18/h2-6,8-15,24,28H,1,7,16-17,27H2,(H,29,30)/t24-/m0/s1. The van der Waals surface area contributed by atoms with Crippen molar-refractivity contribution >= 4 is 29.1 Å². The Kier molecular flexibility index (Phi) is 8.10. The van der Waals surface area contributed by atoms with Crippen LogP contribution in [0, 0.1) is 0 Å². The van der Waals surface area contributed by atoms with E-state index in [2.05, 4.69) is 23.3 Å². The first-order valence-corrected chi connectivity index (χ1v) is 10.4. The molecule has 0 fully saturated rings. The molecule has 1 amide bonds. The number of carbonyl (C=O) groups excluding carboxylic acids is 1. The first kappa shape index (κ1) is 22.4. The van der Waals surface area contributed by atoms with Crippen LogP contribution in [0.4, 0.5) is 16.2 Å².